The summed E-state index contributed by atoms with van der Waals surface area (Å²) in [5, 5.41) is 2.60. The zero-order chi connectivity index (χ0) is 15.2. The van der Waals surface area contributed by atoms with E-state index in [4.69, 9.17) is 9.15 Å². The van der Waals surface area contributed by atoms with Crippen LogP contribution in [0.2, 0.25) is 0 Å². The third kappa shape index (κ3) is 4.17. The molecule has 0 saturated heterocycles. The van der Waals surface area contributed by atoms with Gasteiger partial charge in [0.1, 0.15) is 5.82 Å². The first kappa shape index (κ1) is 14.8. The van der Waals surface area contributed by atoms with Crippen molar-refractivity contribution in [2.24, 2.45) is 0 Å². The maximum Gasteiger partial charge on any atom is 0.374 e. The molecule has 110 valence electrons. The predicted molar refractivity (Wildman–Crippen MR) is 71.8 cm³/mol. The molecule has 0 bridgehead atoms. The van der Waals surface area contributed by atoms with Crippen molar-refractivity contribution >= 4 is 11.9 Å². The first-order valence-electron chi connectivity index (χ1n) is 6.33. The van der Waals surface area contributed by atoms with Gasteiger partial charge in [0.05, 0.1) is 6.26 Å². The highest BCUT2D eigenvalue weighted by Crippen LogP contribution is 2.06. The second-order valence-electron chi connectivity index (χ2n) is 4.37. The molecule has 1 amide bonds. The van der Waals surface area contributed by atoms with Crippen LogP contribution in [0.1, 0.15) is 23.0 Å². The van der Waals surface area contributed by atoms with Crippen LogP contribution in [0.25, 0.3) is 0 Å². The number of rotatable bonds is 5. The Labute approximate surface area is 120 Å². The number of hydrogen-bond donors (Lipinski definition) is 1. The summed E-state index contributed by atoms with van der Waals surface area (Å²) in [6.45, 7) is 1.68. The molecule has 1 aromatic carbocycles. The van der Waals surface area contributed by atoms with Crippen LogP contribution in [0.3, 0.4) is 0 Å². The van der Waals surface area contributed by atoms with E-state index in [1.165, 1.54) is 31.4 Å². The number of furan rings is 1. The normalized spacial score (nSPS) is 11.7. The molecule has 0 aliphatic carbocycles. The molecule has 1 atom stereocenters. The van der Waals surface area contributed by atoms with Gasteiger partial charge in [-0.1, -0.05) is 12.1 Å². The third-order valence-corrected chi connectivity index (χ3v) is 2.76. The molecule has 2 aromatic rings. The number of carbonyl (C=O) groups is 2. The first-order valence-corrected chi connectivity index (χ1v) is 6.33. The summed E-state index contributed by atoms with van der Waals surface area (Å²) in [7, 11) is 0. The lowest BCUT2D eigenvalue weighted by molar-refractivity contribution is -0.129. The van der Waals surface area contributed by atoms with Crippen molar-refractivity contribution in [2.45, 2.75) is 19.6 Å². The number of benzene rings is 1. The quantitative estimate of drug-likeness (QED) is 0.858. The Bertz CT molecular complexity index is 607. The van der Waals surface area contributed by atoms with Crippen molar-refractivity contribution in [3.05, 3.63) is 59.8 Å². The highest BCUT2D eigenvalue weighted by atomic mass is 19.1. The summed E-state index contributed by atoms with van der Waals surface area (Å²) in [5.41, 5.74) is 0.745. The highest BCUT2D eigenvalue weighted by molar-refractivity contribution is 5.89. The first-order chi connectivity index (χ1) is 10.1. The standard InChI is InChI=1S/C15H14FNO4/c1-10(21-15(19)13-3-2-8-20-13)14(18)17-9-11-4-6-12(16)7-5-11/h2-8,10H,9H2,1H3,(H,17,18). The van der Waals surface area contributed by atoms with E-state index in [-0.39, 0.29) is 18.1 Å². The van der Waals surface area contributed by atoms with Crippen LogP contribution in [0.4, 0.5) is 4.39 Å². The molecule has 6 heteroatoms. The Balaban J connectivity index is 1.82. The van der Waals surface area contributed by atoms with Gasteiger partial charge in [0.15, 0.2) is 6.10 Å². The molecule has 21 heavy (non-hydrogen) atoms. The molecule has 1 heterocycles. The summed E-state index contributed by atoms with van der Waals surface area (Å²) in [6.07, 6.45) is 0.388. The van der Waals surface area contributed by atoms with E-state index >= 15 is 0 Å². The van der Waals surface area contributed by atoms with Gasteiger partial charge in [-0.3, -0.25) is 4.79 Å². The van der Waals surface area contributed by atoms with Crippen molar-refractivity contribution < 1.29 is 23.1 Å². The van der Waals surface area contributed by atoms with E-state index in [0.717, 1.165) is 5.56 Å². The van der Waals surface area contributed by atoms with Gasteiger partial charge in [0.25, 0.3) is 5.91 Å². The molecule has 1 aromatic heterocycles. The molecule has 0 spiro atoms. The van der Waals surface area contributed by atoms with Crippen LogP contribution < -0.4 is 5.32 Å². The maximum atomic E-state index is 12.7. The average molecular weight is 291 g/mol. The maximum absolute atomic E-state index is 12.7. The molecular formula is C15H14FNO4. The fourth-order valence-electron chi connectivity index (χ4n) is 1.60. The highest BCUT2D eigenvalue weighted by Gasteiger charge is 2.20. The summed E-state index contributed by atoms with van der Waals surface area (Å²) < 4.78 is 22.6. The Kier molecular flexibility index (Phi) is 4.71. The Morgan fingerprint density at radius 2 is 2.00 bits per heavy atom. The fourth-order valence-corrected chi connectivity index (χ4v) is 1.60. The molecule has 0 saturated carbocycles. The number of hydrogen-bond acceptors (Lipinski definition) is 4. The number of halogens is 1. The molecule has 2 rings (SSSR count). The average Bonchev–Trinajstić information content (AvgIpc) is 3.00. The van der Waals surface area contributed by atoms with E-state index in [2.05, 4.69) is 5.32 Å². The second kappa shape index (κ2) is 6.69. The summed E-state index contributed by atoms with van der Waals surface area (Å²) in [5.74, 6) is -1.46. The number of carbonyl (C=O) groups excluding carboxylic acids is 2. The number of esters is 1. The minimum atomic E-state index is -0.956. The smallest absolute Gasteiger partial charge is 0.374 e. The van der Waals surface area contributed by atoms with Gasteiger partial charge in [0.2, 0.25) is 5.76 Å². The zero-order valence-electron chi connectivity index (χ0n) is 11.3. The zero-order valence-corrected chi connectivity index (χ0v) is 11.3. The summed E-state index contributed by atoms with van der Waals surface area (Å²) >= 11 is 0. The SMILES string of the molecule is CC(OC(=O)c1ccco1)C(=O)NCc1ccc(F)cc1. The van der Waals surface area contributed by atoms with Crippen LogP contribution >= 0.6 is 0 Å². The fraction of sp³-hybridized carbons (Fsp3) is 0.200. The topological polar surface area (TPSA) is 68.5 Å². The molecule has 0 aliphatic rings. The molecular weight excluding hydrogens is 277 g/mol. The van der Waals surface area contributed by atoms with Gasteiger partial charge in [-0.25, -0.2) is 9.18 Å². The molecule has 1 unspecified atom stereocenters. The lowest BCUT2D eigenvalue weighted by Gasteiger charge is -2.12. The van der Waals surface area contributed by atoms with Gasteiger partial charge < -0.3 is 14.5 Å². The molecule has 0 aliphatic heterocycles. The molecule has 0 radical (unpaired) electrons. The molecule has 5 nitrogen and oxygen atoms in total. The van der Waals surface area contributed by atoms with Crippen molar-refractivity contribution in [1.29, 1.82) is 0 Å². The Morgan fingerprint density at radius 1 is 1.29 bits per heavy atom. The Morgan fingerprint density at radius 3 is 2.62 bits per heavy atom. The van der Waals surface area contributed by atoms with Crippen LogP contribution in [0, 0.1) is 5.82 Å². The molecule has 0 fully saturated rings. The van der Waals surface area contributed by atoms with E-state index < -0.39 is 18.0 Å². The van der Waals surface area contributed by atoms with Gasteiger partial charge in [-0.15, -0.1) is 0 Å². The largest absolute Gasteiger partial charge is 0.457 e. The minimum absolute atomic E-state index is 0.0354. The van der Waals surface area contributed by atoms with E-state index in [9.17, 15) is 14.0 Å². The van der Waals surface area contributed by atoms with Crippen molar-refractivity contribution in [3.8, 4) is 0 Å². The van der Waals surface area contributed by atoms with E-state index in [0.29, 0.717) is 0 Å². The van der Waals surface area contributed by atoms with Crippen LogP contribution in [0.5, 0.6) is 0 Å². The van der Waals surface area contributed by atoms with Crippen molar-refractivity contribution in [2.75, 3.05) is 0 Å². The van der Waals surface area contributed by atoms with Gasteiger partial charge in [-0.05, 0) is 36.8 Å². The van der Waals surface area contributed by atoms with Gasteiger partial charge >= 0.3 is 5.97 Å². The van der Waals surface area contributed by atoms with E-state index in [1.54, 1.807) is 18.2 Å². The van der Waals surface area contributed by atoms with E-state index in [1.807, 2.05) is 0 Å². The molecule has 1 N–H and O–H groups in total. The number of amides is 1. The third-order valence-electron chi connectivity index (χ3n) is 2.76. The van der Waals surface area contributed by atoms with Crippen LogP contribution in [-0.2, 0) is 16.1 Å². The number of ether oxygens (including phenoxy) is 1. The van der Waals surface area contributed by atoms with Crippen LogP contribution in [0.15, 0.2) is 47.1 Å². The second-order valence-corrected chi connectivity index (χ2v) is 4.37. The van der Waals surface area contributed by atoms with Gasteiger partial charge in [-0.2, -0.15) is 0 Å². The lowest BCUT2D eigenvalue weighted by Crippen LogP contribution is -2.35. The summed E-state index contributed by atoms with van der Waals surface area (Å²) in [4.78, 5) is 23.4. The van der Waals surface area contributed by atoms with Crippen molar-refractivity contribution in [1.82, 2.24) is 5.32 Å². The van der Waals surface area contributed by atoms with Gasteiger partial charge in [0, 0.05) is 6.54 Å². The monoisotopic (exact) mass is 291 g/mol. The number of nitrogens with one attached hydrogen (secondary N) is 1. The Hall–Kier alpha value is -2.63. The minimum Gasteiger partial charge on any atom is -0.457 e. The van der Waals surface area contributed by atoms with Crippen LogP contribution in [-0.4, -0.2) is 18.0 Å². The van der Waals surface area contributed by atoms with Crippen molar-refractivity contribution in [3.63, 3.8) is 0 Å². The predicted octanol–water partition coefficient (Wildman–Crippen LogP) is 2.28. The summed E-state index contributed by atoms with van der Waals surface area (Å²) in [6, 6.07) is 8.75. The lowest BCUT2D eigenvalue weighted by atomic mass is 10.2.